The van der Waals surface area contributed by atoms with Crippen LogP contribution in [0.15, 0.2) is 12.2 Å². The molecule has 0 amide bonds. The summed E-state index contributed by atoms with van der Waals surface area (Å²) in [5.74, 6) is 0.300. The van der Waals surface area contributed by atoms with Crippen molar-refractivity contribution in [2.45, 2.75) is 19.3 Å². The molecule has 1 N–H and O–H groups in total. The molecule has 60 valence electrons. The SMILES string of the molecule is O=C1C=CC2(CCCNC2)C1. The van der Waals surface area contributed by atoms with Gasteiger partial charge in [-0.2, -0.15) is 0 Å². The lowest BCUT2D eigenvalue weighted by Crippen LogP contribution is -2.37. The third kappa shape index (κ3) is 1.23. The molecule has 1 fully saturated rings. The van der Waals surface area contributed by atoms with Crippen LogP contribution in [0.5, 0.6) is 0 Å². The summed E-state index contributed by atoms with van der Waals surface area (Å²) in [6.45, 7) is 2.11. The molecule has 0 aromatic heterocycles. The molecule has 1 aliphatic carbocycles. The van der Waals surface area contributed by atoms with Crippen molar-refractivity contribution >= 4 is 5.78 Å². The van der Waals surface area contributed by atoms with E-state index in [-0.39, 0.29) is 5.41 Å². The summed E-state index contributed by atoms with van der Waals surface area (Å²) in [5, 5.41) is 3.33. The van der Waals surface area contributed by atoms with Gasteiger partial charge in [0.1, 0.15) is 0 Å². The summed E-state index contributed by atoms with van der Waals surface area (Å²) in [7, 11) is 0. The Morgan fingerprint density at radius 1 is 1.55 bits per heavy atom. The molecule has 0 radical (unpaired) electrons. The Hall–Kier alpha value is -0.630. The predicted molar refractivity (Wildman–Crippen MR) is 43.3 cm³/mol. The number of rotatable bonds is 0. The van der Waals surface area contributed by atoms with E-state index in [0.717, 1.165) is 19.5 Å². The van der Waals surface area contributed by atoms with Crippen molar-refractivity contribution in [3.05, 3.63) is 12.2 Å². The number of hydrogen-bond donors (Lipinski definition) is 1. The topological polar surface area (TPSA) is 29.1 Å². The van der Waals surface area contributed by atoms with E-state index in [9.17, 15) is 4.79 Å². The van der Waals surface area contributed by atoms with Crippen LogP contribution in [0, 0.1) is 5.41 Å². The third-order valence-corrected chi connectivity index (χ3v) is 2.65. The van der Waals surface area contributed by atoms with Crippen LogP contribution in [-0.2, 0) is 4.79 Å². The zero-order valence-electron chi connectivity index (χ0n) is 6.60. The predicted octanol–water partition coefficient (Wildman–Crippen LogP) is 0.885. The van der Waals surface area contributed by atoms with Gasteiger partial charge in [-0.1, -0.05) is 6.08 Å². The van der Waals surface area contributed by atoms with Crippen LogP contribution < -0.4 is 5.32 Å². The monoisotopic (exact) mass is 151 g/mol. The van der Waals surface area contributed by atoms with Crippen LogP contribution >= 0.6 is 0 Å². The van der Waals surface area contributed by atoms with Crippen molar-refractivity contribution in [3.63, 3.8) is 0 Å². The van der Waals surface area contributed by atoms with Crippen LogP contribution in [0.25, 0.3) is 0 Å². The van der Waals surface area contributed by atoms with E-state index in [0.29, 0.717) is 5.78 Å². The number of nitrogens with one attached hydrogen (secondary N) is 1. The lowest BCUT2D eigenvalue weighted by molar-refractivity contribution is -0.115. The van der Waals surface area contributed by atoms with Gasteiger partial charge in [0.2, 0.25) is 0 Å². The second kappa shape index (κ2) is 2.45. The lowest BCUT2D eigenvalue weighted by atomic mass is 9.80. The first kappa shape index (κ1) is 7.04. The third-order valence-electron chi connectivity index (χ3n) is 2.65. The minimum absolute atomic E-state index is 0.204. The van der Waals surface area contributed by atoms with E-state index in [1.807, 2.05) is 0 Å². The van der Waals surface area contributed by atoms with Gasteiger partial charge < -0.3 is 5.32 Å². The Bertz CT molecular complexity index is 202. The molecular weight excluding hydrogens is 138 g/mol. The molecule has 0 bridgehead atoms. The van der Waals surface area contributed by atoms with Gasteiger partial charge >= 0.3 is 0 Å². The normalized spacial score (nSPS) is 36.9. The highest BCUT2D eigenvalue weighted by atomic mass is 16.1. The quantitative estimate of drug-likeness (QED) is 0.557. The number of carbonyl (C=O) groups is 1. The fraction of sp³-hybridized carbons (Fsp3) is 0.667. The number of ketones is 1. The van der Waals surface area contributed by atoms with Crippen LogP contribution in [0.3, 0.4) is 0 Å². The summed E-state index contributed by atoms with van der Waals surface area (Å²) < 4.78 is 0. The van der Waals surface area contributed by atoms with Crippen LogP contribution in [0.1, 0.15) is 19.3 Å². The summed E-state index contributed by atoms with van der Waals surface area (Å²) in [6.07, 6.45) is 6.97. The number of piperidine rings is 1. The lowest BCUT2D eigenvalue weighted by Gasteiger charge is -2.31. The molecule has 2 rings (SSSR count). The second-order valence-corrected chi connectivity index (χ2v) is 3.62. The molecule has 2 aliphatic rings. The zero-order chi connectivity index (χ0) is 7.73. The number of carbonyl (C=O) groups excluding carboxylic acids is 1. The van der Waals surface area contributed by atoms with Crippen molar-refractivity contribution in [1.29, 1.82) is 0 Å². The maximum Gasteiger partial charge on any atom is 0.156 e. The van der Waals surface area contributed by atoms with Gasteiger partial charge in [-0.15, -0.1) is 0 Å². The fourth-order valence-corrected chi connectivity index (χ4v) is 2.02. The molecule has 0 aromatic carbocycles. The largest absolute Gasteiger partial charge is 0.316 e. The van der Waals surface area contributed by atoms with E-state index >= 15 is 0 Å². The Kier molecular flexibility index (Phi) is 1.57. The highest BCUT2D eigenvalue weighted by molar-refractivity contribution is 5.93. The average Bonchev–Trinajstić information content (AvgIpc) is 2.34. The van der Waals surface area contributed by atoms with Crippen molar-refractivity contribution in [2.24, 2.45) is 5.41 Å². The molecule has 1 heterocycles. The second-order valence-electron chi connectivity index (χ2n) is 3.62. The van der Waals surface area contributed by atoms with Gasteiger partial charge in [0, 0.05) is 18.4 Å². The van der Waals surface area contributed by atoms with Crippen LogP contribution in [0.2, 0.25) is 0 Å². The standard InChI is InChI=1S/C9H13NO/c11-8-2-4-9(6-8)3-1-5-10-7-9/h2,4,10H,1,3,5-7H2. The first-order valence-corrected chi connectivity index (χ1v) is 4.24. The molecular formula is C9H13NO. The molecule has 1 saturated heterocycles. The summed E-state index contributed by atoms with van der Waals surface area (Å²) in [5.41, 5.74) is 0.204. The Balaban J connectivity index is 2.10. The number of allylic oxidation sites excluding steroid dienone is 1. The summed E-state index contributed by atoms with van der Waals surface area (Å²) in [6, 6.07) is 0. The first-order chi connectivity index (χ1) is 5.31. The van der Waals surface area contributed by atoms with Crippen molar-refractivity contribution in [2.75, 3.05) is 13.1 Å². The van der Waals surface area contributed by atoms with Gasteiger partial charge in [0.05, 0.1) is 0 Å². The minimum atomic E-state index is 0.204. The van der Waals surface area contributed by atoms with Crippen LogP contribution in [0.4, 0.5) is 0 Å². The van der Waals surface area contributed by atoms with E-state index in [1.165, 1.54) is 12.8 Å². The molecule has 0 saturated carbocycles. The van der Waals surface area contributed by atoms with Crippen molar-refractivity contribution < 1.29 is 4.79 Å². The molecule has 1 atom stereocenters. The van der Waals surface area contributed by atoms with Gasteiger partial charge in [0.25, 0.3) is 0 Å². The Labute approximate surface area is 66.7 Å². The maximum absolute atomic E-state index is 11.0. The maximum atomic E-state index is 11.0. The van der Waals surface area contributed by atoms with Crippen molar-refractivity contribution in [3.8, 4) is 0 Å². The molecule has 1 aliphatic heterocycles. The summed E-state index contributed by atoms with van der Waals surface area (Å²) in [4.78, 5) is 11.0. The molecule has 0 aromatic rings. The van der Waals surface area contributed by atoms with Gasteiger partial charge in [-0.25, -0.2) is 0 Å². The molecule has 1 spiro atoms. The molecule has 1 unspecified atom stereocenters. The zero-order valence-corrected chi connectivity index (χ0v) is 6.60. The molecule has 2 heteroatoms. The minimum Gasteiger partial charge on any atom is -0.316 e. The van der Waals surface area contributed by atoms with E-state index in [4.69, 9.17) is 0 Å². The average molecular weight is 151 g/mol. The summed E-state index contributed by atoms with van der Waals surface area (Å²) >= 11 is 0. The van der Waals surface area contributed by atoms with Gasteiger partial charge in [-0.3, -0.25) is 4.79 Å². The van der Waals surface area contributed by atoms with E-state index < -0.39 is 0 Å². The van der Waals surface area contributed by atoms with Gasteiger partial charge in [0.15, 0.2) is 5.78 Å². The van der Waals surface area contributed by atoms with Gasteiger partial charge in [-0.05, 0) is 25.5 Å². The molecule has 2 nitrogen and oxygen atoms in total. The number of hydrogen-bond acceptors (Lipinski definition) is 2. The smallest absolute Gasteiger partial charge is 0.156 e. The molecule has 11 heavy (non-hydrogen) atoms. The Morgan fingerprint density at radius 2 is 2.45 bits per heavy atom. The van der Waals surface area contributed by atoms with E-state index in [2.05, 4.69) is 11.4 Å². The van der Waals surface area contributed by atoms with E-state index in [1.54, 1.807) is 6.08 Å². The van der Waals surface area contributed by atoms with Crippen molar-refractivity contribution in [1.82, 2.24) is 5.32 Å². The Morgan fingerprint density at radius 3 is 3.00 bits per heavy atom. The first-order valence-electron chi connectivity index (χ1n) is 4.24. The van der Waals surface area contributed by atoms with Crippen LogP contribution in [-0.4, -0.2) is 18.9 Å². The fourth-order valence-electron chi connectivity index (χ4n) is 2.02. The highest BCUT2D eigenvalue weighted by Gasteiger charge is 2.34. The highest BCUT2D eigenvalue weighted by Crippen LogP contribution is 2.35.